The molecule has 0 fully saturated rings. The molecule has 0 aromatic heterocycles. The summed E-state index contributed by atoms with van der Waals surface area (Å²) in [6.07, 6.45) is 1.53. The zero-order valence-corrected chi connectivity index (χ0v) is 9.98. The van der Waals surface area contributed by atoms with Gasteiger partial charge in [0.1, 0.15) is 0 Å². The van der Waals surface area contributed by atoms with E-state index in [4.69, 9.17) is 0 Å². The Morgan fingerprint density at radius 3 is 2.31 bits per heavy atom. The number of halogens is 2. The average molecular weight is 228 g/mol. The molecule has 16 heavy (non-hydrogen) atoms. The number of aryl methyl sites for hydroxylation is 1. The van der Waals surface area contributed by atoms with Crippen LogP contribution in [0.1, 0.15) is 44.2 Å². The van der Waals surface area contributed by atoms with Crippen LogP contribution >= 0.6 is 0 Å². The molecule has 1 aromatic rings. The molecule has 1 rings (SSSR count). The largest absolute Gasteiger partial charge is 0.385 e. The molecule has 0 heterocycles. The second kappa shape index (κ2) is 4.91. The second-order valence-electron chi connectivity index (χ2n) is 4.19. The molecule has 0 radical (unpaired) electrons. The normalized spacial score (nSPS) is 14.9. The molecule has 0 saturated heterocycles. The summed E-state index contributed by atoms with van der Waals surface area (Å²) in [4.78, 5) is 0. The lowest BCUT2D eigenvalue weighted by atomic mass is 9.86. The van der Waals surface area contributed by atoms with Gasteiger partial charge >= 0.3 is 0 Å². The first-order valence-electron chi connectivity index (χ1n) is 5.63. The van der Waals surface area contributed by atoms with Gasteiger partial charge < -0.3 is 5.11 Å². The highest BCUT2D eigenvalue weighted by molar-refractivity contribution is 5.29. The van der Waals surface area contributed by atoms with Crippen molar-refractivity contribution in [1.82, 2.24) is 0 Å². The maximum Gasteiger partial charge on any atom is 0.165 e. The lowest BCUT2D eigenvalue weighted by Crippen LogP contribution is -2.26. The van der Waals surface area contributed by atoms with Gasteiger partial charge in [0.25, 0.3) is 0 Å². The Hall–Kier alpha value is -0.960. The minimum Gasteiger partial charge on any atom is -0.385 e. The quantitative estimate of drug-likeness (QED) is 0.833. The van der Waals surface area contributed by atoms with Crippen molar-refractivity contribution in [3.8, 4) is 0 Å². The van der Waals surface area contributed by atoms with Crippen LogP contribution < -0.4 is 0 Å². The molecule has 90 valence electrons. The Morgan fingerprint density at radius 1 is 1.19 bits per heavy atom. The standard InChI is InChI=1S/C13H18F2O/c1-4-8-13(16,5-2)10-7-6-9(3)11(14)12(10)15/h6-7,16H,4-5,8H2,1-3H3. The highest BCUT2D eigenvalue weighted by Gasteiger charge is 2.30. The molecule has 0 saturated carbocycles. The molecule has 0 aliphatic rings. The number of aliphatic hydroxyl groups is 1. The average Bonchev–Trinajstić information content (AvgIpc) is 2.26. The predicted octanol–water partition coefficient (Wildman–Crippen LogP) is 3.67. The van der Waals surface area contributed by atoms with E-state index in [9.17, 15) is 13.9 Å². The summed E-state index contributed by atoms with van der Waals surface area (Å²) in [6, 6.07) is 2.98. The number of rotatable bonds is 4. The maximum absolute atomic E-state index is 13.7. The molecule has 0 bridgehead atoms. The summed E-state index contributed by atoms with van der Waals surface area (Å²) in [6.45, 7) is 5.18. The molecule has 1 atom stereocenters. The Kier molecular flexibility index (Phi) is 4.03. The zero-order valence-electron chi connectivity index (χ0n) is 9.98. The van der Waals surface area contributed by atoms with E-state index in [1.165, 1.54) is 19.1 Å². The zero-order chi connectivity index (χ0) is 12.3. The van der Waals surface area contributed by atoms with E-state index in [-0.39, 0.29) is 11.1 Å². The molecule has 3 heteroatoms. The number of benzene rings is 1. The van der Waals surface area contributed by atoms with E-state index in [1.807, 2.05) is 6.92 Å². The third-order valence-corrected chi connectivity index (χ3v) is 3.03. The highest BCUT2D eigenvalue weighted by atomic mass is 19.2. The van der Waals surface area contributed by atoms with Crippen LogP contribution in [0.3, 0.4) is 0 Å². The van der Waals surface area contributed by atoms with E-state index in [0.717, 1.165) is 6.42 Å². The van der Waals surface area contributed by atoms with E-state index < -0.39 is 17.2 Å². The number of hydrogen-bond donors (Lipinski definition) is 1. The van der Waals surface area contributed by atoms with Gasteiger partial charge in [-0.15, -0.1) is 0 Å². The van der Waals surface area contributed by atoms with Gasteiger partial charge in [0.15, 0.2) is 11.6 Å². The summed E-state index contributed by atoms with van der Waals surface area (Å²) in [5.74, 6) is -1.78. The molecule has 1 nitrogen and oxygen atoms in total. The van der Waals surface area contributed by atoms with E-state index in [2.05, 4.69) is 0 Å². The summed E-state index contributed by atoms with van der Waals surface area (Å²) in [5.41, 5.74) is -0.927. The first-order chi connectivity index (χ1) is 7.46. The Morgan fingerprint density at radius 2 is 1.81 bits per heavy atom. The Balaban J connectivity index is 3.26. The fourth-order valence-corrected chi connectivity index (χ4v) is 1.92. The van der Waals surface area contributed by atoms with Crippen LogP contribution in [0.15, 0.2) is 12.1 Å². The Labute approximate surface area is 95.1 Å². The monoisotopic (exact) mass is 228 g/mol. The molecule has 0 aliphatic carbocycles. The molecule has 0 aliphatic heterocycles. The van der Waals surface area contributed by atoms with E-state index in [1.54, 1.807) is 6.92 Å². The van der Waals surface area contributed by atoms with E-state index >= 15 is 0 Å². The van der Waals surface area contributed by atoms with Crippen molar-refractivity contribution in [3.63, 3.8) is 0 Å². The van der Waals surface area contributed by atoms with E-state index in [0.29, 0.717) is 12.8 Å². The molecule has 1 unspecified atom stereocenters. The molecule has 0 amide bonds. The maximum atomic E-state index is 13.7. The van der Waals surface area contributed by atoms with Gasteiger partial charge in [0.05, 0.1) is 5.60 Å². The van der Waals surface area contributed by atoms with Crippen LogP contribution in [0.4, 0.5) is 8.78 Å². The first kappa shape index (κ1) is 13.1. The molecule has 1 aromatic carbocycles. The van der Waals surface area contributed by atoms with Gasteiger partial charge in [-0.25, -0.2) is 8.78 Å². The second-order valence-corrected chi connectivity index (χ2v) is 4.19. The van der Waals surface area contributed by atoms with Gasteiger partial charge in [-0.1, -0.05) is 32.4 Å². The topological polar surface area (TPSA) is 20.2 Å². The van der Waals surface area contributed by atoms with Gasteiger partial charge in [-0.3, -0.25) is 0 Å². The van der Waals surface area contributed by atoms with Crippen LogP contribution in [-0.2, 0) is 5.60 Å². The molecular formula is C13H18F2O. The van der Waals surface area contributed by atoms with Crippen molar-refractivity contribution in [1.29, 1.82) is 0 Å². The molecule has 0 spiro atoms. The minimum absolute atomic E-state index is 0.0694. The fraction of sp³-hybridized carbons (Fsp3) is 0.538. The fourth-order valence-electron chi connectivity index (χ4n) is 1.92. The van der Waals surface area contributed by atoms with Crippen molar-refractivity contribution < 1.29 is 13.9 Å². The Bertz CT molecular complexity index is 376. The SMILES string of the molecule is CCCC(O)(CC)c1ccc(C)c(F)c1F. The van der Waals surface area contributed by atoms with Gasteiger partial charge in [-0.2, -0.15) is 0 Å². The lowest BCUT2D eigenvalue weighted by molar-refractivity contribution is 0.0185. The highest BCUT2D eigenvalue weighted by Crippen LogP contribution is 2.33. The van der Waals surface area contributed by atoms with Crippen molar-refractivity contribution in [2.75, 3.05) is 0 Å². The van der Waals surface area contributed by atoms with Gasteiger partial charge in [0, 0.05) is 5.56 Å². The summed E-state index contributed by atoms with van der Waals surface area (Å²) in [7, 11) is 0. The van der Waals surface area contributed by atoms with Crippen LogP contribution in [0.2, 0.25) is 0 Å². The smallest absolute Gasteiger partial charge is 0.165 e. The minimum atomic E-state index is -1.26. The van der Waals surface area contributed by atoms with Crippen molar-refractivity contribution in [3.05, 3.63) is 34.9 Å². The first-order valence-corrected chi connectivity index (χ1v) is 5.63. The molecule has 1 N–H and O–H groups in total. The number of hydrogen-bond acceptors (Lipinski definition) is 1. The lowest BCUT2D eigenvalue weighted by Gasteiger charge is -2.27. The van der Waals surface area contributed by atoms with Gasteiger partial charge in [-0.05, 0) is 25.3 Å². The third-order valence-electron chi connectivity index (χ3n) is 3.03. The molecular weight excluding hydrogens is 210 g/mol. The third kappa shape index (κ3) is 2.24. The van der Waals surface area contributed by atoms with Crippen LogP contribution in [0.5, 0.6) is 0 Å². The summed E-state index contributed by atoms with van der Waals surface area (Å²) < 4.78 is 27.1. The van der Waals surface area contributed by atoms with Crippen LogP contribution in [-0.4, -0.2) is 5.11 Å². The predicted molar refractivity (Wildman–Crippen MR) is 60.2 cm³/mol. The van der Waals surface area contributed by atoms with Crippen LogP contribution in [0.25, 0.3) is 0 Å². The van der Waals surface area contributed by atoms with Crippen molar-refractivity contribution >= 4 is 0 Å². The van der Waals surface area contributed by atoms with Crippen molar-refractivity contribution in [2.24, 2.45) is 0 Å². The summed E-state index contributed by atoms with van der Waals surface area (Å²) in [5, 5.41) is 10.3. The van der Waals surface area contributed by atoms with Gasteiger partial charge in [0.2, 0.25) is 0 Å². The van der Waals surface area contributed by atoms with Crippen molar-refractivity contribution in [2.45, 2.75) is 45.6 Å². The van der Waals surface area contributed by atoms with Crippen LogP contribution in [0, 0.1) is 18.6 Å². The summed E-state index contributed by atoms with van der Waals surface area (Å²) >= 11 is 0.